The maximum atomic E-state index is 11.8. The Balaban J connectivity index is 2.05. The molecule has 2 N–H and O–H groups in total. The third kappa shape index (κ3) is 4.36. The van der Waals surface area contributed by atoms with Crippen LogP contribution in [0.25, 0.3) is 20.8 Å². The first-order valence-electron chi connectivity index (χ1n) is 9.02. The molecule has 1 aliphatic heterocycles. The van der Waals surface area contributed by atoms with E-state index in [0.29, 0.717) is 11.8 Å². The summed E-state index contributed by atoms with van der Waals surface area (Å²) in [5, 5.41) is 0.403. The molecule has 2 aliphatic rings. The third-order valence-corrected chi connectivity index (χ3v) is 7.48. The minimum Gasteiger partial charge on any atom is -0.282 e. The zero-order valence-electron chi connectivity index (χ0n) is 16.0. The molecule has 1 heterocycles. The van der Waals surface area contributed by atoms with Gasteiger partial charge >= 0.3 is 0 Å². The van der Waals surface area contributed by atoms with E-state index in [0.717, 1.165) is 44.6 Å². The van der Waals surface area contributed by atoms with Gasteiger partial charge in [-0.25, -0.2) is 9.98 Å². The Morgan fingerprint density at radius 3 is 2.39 bits per heavy atom. The highest BCUT2D eigenvalue weighted by molar-refractivity contribution is 7.86. The van der Waals surface area contributed by atoms with Crippen molar-refractivity contribution in [1.82, 2.24) is 4.98 Å². The fourth-order valence-corrected chi connectivity index (χ4v) is 5.23. The van der Waals surface area contributed by atoms with Crippen LogP contribution in [0.4, 0.5) is 5.69 Å². The van der Waals surface area contributed by atoms with Gasteiger partial charge in [0.2, 0.25) is 0 Å². The van der Waals surface area contributed by atoms with Crippen LogP contribution < -0.4 is 5.36 Å². The molecule has 0 radical (unpaired) electrons. The minimum absolute atomic E-state index is 0.301. The second kappa shape index (κ2) is 7.77. The summed E-state index contributed by atoms with van der Waals surface area (Å²) >= 11 is 1.49. The molecule has 0 unspecified atom stereocenters. The summed E-state index contributed by atoms with van der Waals surface area (Å²) in [6.45, 7) is 1.89. The van der Waals surface area contributed by atoms with Crippen molar-refractivity contribution < 1.29 is 25.9 Å². The van der Waals surface area contributed by atoms with Gasteiger partial charge in [0.25, 0.3) is 20.2 Å². The topological polar surface area (TPSA) is 134 Å². The standard InChI is InChI=1S/C20H16N2O6S3/c1-2-12-9-16-19(29-18-6-4-3-5-14(18)21-16)11-15(12)22-17-10-13(30(23,24)25)7-8-20(17)31(26,27)28/h3-11H,2H2,1H3,(H,23,24,25)(H,26,27,28)/b22-15+. The van der Waals surface area contributed by atoms with E-state index < -0.39 is 30.0 Å². The zero-order chi connectivity index (χ0) is 22.4. The van der Waals surface area contributed by atoms with Crippen molar-refractivity contribution in [2.45, 2.75) is 23.1 Å². The van der Waals surface area contributed by atoms with Crippen LogP contribution in [0, 0.1) is 0 Å². The molecular weight excluding hydrogens is 460 g/mol. The third-order valence-electron chi connectivity index (χ3n) is 4.61. The molecular formula is C20H16N2O6S3. The van der Waals surface area contributed by atoms with Crippen LogP contribution in [0.15, 0.2) is 69.4 Å². The minimum atomic E-state index is -4.69. The Morgan fingerprint density at radius 1 is 0.968 bits per heavy atom. The number of hydrogen-bond donors (Lipinski definition) is 2. The molecule has 0 atom stereocenters. The van der Waals surface area contributed by atoms with Crippen molar-refractivity contribution in [3.05, 3.63) is 65.5 Å². The first-order chi connectivity index (χ1) is 14.6. The molecule has 31 heavy (non-hydrogen) atoms. The molecule has 11 heteroatoms. The lowest BCUT2D eigenvalue weighted by atomic mass is 10.1. The van der Waals surface area contributed by atoms with Gasteiger partial charge in [-0.3, -0.25) is 9.11 Å². The average molecular weight is 477 g/mol. The highest BCUT2D eigenvalue weighted by Gasteiger charge is 2.20. The maximum Gasteiger partial charge on any atom is 0.296 e. The summed E-state index contributed by atoms with van der Waals surface area (Å²) < 4.78 is 66.5. The van der Waals surface area contributed by atoms with Crippen LogP contribution in [-0.2, 0) is 26.7 Å². The van der Waals surface area contributed by atoms with Crippen molar-refractivity contribution in [2.75, 3.05) is 0 Å². The van der Waals surface area contributed by atoms with Gasteiger partial charge in [-0.2, -0.15) is 16.8 Å². The Bertz CT molecular complexity index is 1570. The van der Waals surface area contributed by atoms with Crippen molar-refractivity contribution in [1.29, 1.82) is 0 Å². The first-order valence-corrected chi connectivity index (χ1v) is 12.7. The van der Waals surface area contributed by atoms with Gasteiger partial charge in [0.1, 0.15) is 4.90 Å². The Hall–Kier alpha value is -2.70. The predicted molar refractivity (Wildman–Crippen MR) is 117 cm³/mol. The van der Waals surface area contributed by atoms with E-state index in [2.05, 4.69) is 9.98 Å². The van der Waals surface area contributed by atoms with E-state index in [1.165, 1.54) is 11.3 Å². The molecule has 0 aromatic heterocycles. The molecule has 2 aromatic carbocycles. The number of aryl methyl sites for hydroxylation is 1. The predicted octanol–water partition coefficient (Wildman–Crippen LogP) is 3.69. The van der Waals surface area contributed by atoms with E-state index in [-0.39, 0.29) is 5.69 Å². The van der Waals surface area contributed by atoms with Crippen molar-refractivity contribution in [3.63, 3.8) is 0 Å². The van der Waals surface area contributed by atoms with Crippen LogP contribution in [0.5, 0.6) is 0 Å². The molecule has 0 spiro atoms. The summed E-state index contributed by atoms with van der Waals surface area (Å²) in [5.41, 5.74) is 2.05. The largest absolute Gasteiger partial charge is 0.296 e. The maximum absolute atomic E-state index is 11.8. The van der Waals surface area contributed by atoms with Crippen molar-refractivity contribution >= 4 is 47.5 Å². The van der Waals surface area contributed by atoms with Gasteiger partial charge in [-0.1, -0.05) is 19.1 Å². The molecule has 8 nitrogen and oxygen atoms in total. The second-order valence-electron chi connectivity index (χ2n) is 6.68. The number of aromatic nitrogens is 1. The fourth-order valence-electron chi connectivity index (χ4n) is 3.13. The summed E-state index contributed by atoms with van der Waals surface area (Å²) in [5.74, 6) is 0. The Morgan fingerprint density at radius 2 is 1.71 bits per heavy atom. The molecule has 0 amide bonds. The molecule has 0 saturated carbocycles. The monoisotopic (exact) mass is 476 g/mol. The average Bonchev–Trinajstić information content (AvgIpc) is 2.70. The van der Waals surface area contributed by atoms with Crippen LogP contribution in [0.3, 0.4) is 0 Å². The summed E-state index contributed by atoms with van der Waals surface area (Å²) in [6.07, 6.45) is 0.549. The van der Waals surface area contributed by atoms with E-state index in [1.54, 1.807) is 6.07 Å². The van der Waals surface area contributed by atoms with Gasteiger partial charge in [0.05, 0.1) is 36.7 Å². The van der Waals surface area contributed by atoms with Crippen LogP contribution >= 0.6 is 11.3 Å². The normalized spacial score (nSPS) is 13.2. The molecule has 2 aromatic rings. The van der Waals surface area contributed by atoms with E-state index in [4.69, 9.17) is 0 Å². The van der Waals surface area contributed by atoms with Gasteiger partial charge in [-0.15, -0.1) is 11.3 Å². The molecule has 1 aliphatic carbocycles. The van der Waals surface area contributed by atoms with Crippen molar-refractivity contribution in [2.24, 2.45) is 4.99 Å². The lowest BCUT2D eigenvalue weighted by Gasteiger charge is -2.10. The number of hydrogen-bond acceptors (Lipinski definition) is 7. The molecule has 0 bridgehead atoms. The van der Waals surface area contributed by atoms with Crippen molar-refractivity contribution in [3.8, 4) is 10.6 Å². The summed E-state index contributed by atoms with van der Waals surface area (Å²) in [6, 6.07) is 13.9. The molecule has 0 saturated heterocycles. The number of nitrogens with zero attached hydrogens (tertiary/aromatic N) is 2. The SMILES string of the molecule is CCc1cc2nc3ccccc3sc-2c/c1=N\c1cc(S(=O)(=O)O)ccc1S(=O)(=O)O. The van der Waals surface area contributed by atoms with Gasteiger partial charge < -0.3 is 0 Å². The van der Waals surface area contributed by atoms with E-state index in [9.17, 15) is 25.9 Å². The second-order valence-corrected chi connectivity index (χ2v) is 10.6. The Labute approximate surface area is 182 Å². The quantitative estimate of drug-likeness (QED) is 0.339. The fraction of sp³-hybridized carbons (Fsp3) is 0.100. The molecule has 0 fully saturated rings. The van der Waals surface area contributed by atoms with Crippen LogP contribution in [0.2, 0.25) is 0 Å². The lowest BCUT2D eigenvalue weighted by Crippen LogP contribution is -2.11. The van der Waals surface area contributed by atoms with E-state index in [1.807, 2.05) is 37.3 Å². The van der Waals surface area contributed by atoms with Gasteiger partial charge in [-0.05, 0) is 54.4 Å². The summed E-state index contributed by atoms with van der Waals surface area (Å²) in [7, 11) is -9.29. The molecule has 160 valence electrons. The number of rotatable bonds is 4. The van der Waals surface area contributed by atoms with Gasteiger partial charge in [0, 0.05) is 0 Å². The van der Waals surface area contributed by atoms with Crippen LogP contribution in [-0.4, -0.2) is 30.9 Å². The lowest BCUT2D eigenvalue weighted by molar-refractivity contribution is 0.478. The highest BCUT2D eigenvalue weighted by Crippen LogP contribution is 2.31. The van der Waals surface area contributed by atoms with E-state index >= 15 is 0 Å². The zero-order valence-corrected chi connectivity index (χ0v) is 18.5. The molecule has 4 rings (SSSR count). The first kappa shape index (κ1) is 21.5. The number of benzene rings is 3. The number of fused-ring (bicyclic) bond motifs is 2. The highest BCUT2D eigenvalue weighted by atomic mass is 32.2. The summed E-state index contributed by atoms with van der Waals surface area (Å²) in [4.78, 5) is 8.70. The Kier molecular flexibility index (Phi) is 5.40. The van der Waals surface area contributed by atoms with Gasteiger partial charge in [0.15, 0.2) is 0 Å². The van der Waals surface area contributed by atoms with Crippen LogP contribution in [0.1, 0.15) is 12.5 Å². The number of para-hydroxylation sites is 1. The smallest absolute Gasteiger partial charge is 0.282 e.